The van der Waals surface area contributed by atoms with E-state index in [0.29, 0.717) is 24.4 Å². The van der Waals surface area contributed by atoms with Gasteiger partial charge in [0.05, 0.1) is 24.9 Å². The number of methoxy groups -OCH3 is 1. The number of para-hydroxylation sites is 2. The van der Waals surface area contributed by atoms with Crippen LogP contribution in [0.1, 0.15) is 10.4 Å². The summed E-state index contributed by atoms with van der Waals surface area (Å²) in [5.74, 6) is 0.282. The van der Waals surface area contributed by atoms with Gasteiger partial charge >= 0.3 is 5.97 Å². The fourth-order valence-electron chi connectivity index (χ4n) is 3.25. The number of rotatable bonds is 8. The van der Waals surface area contributed by atoms with Crippen LogP contribution in [0.3, 0.4) is 0 Å². The lowest BCUT2D eigenvalue weighted by molar-refractivity contribution is -0.117. The van der Waals surface area contributed by atoms with Crippen molar-refractivity contribution in [2.75, 3.05) is 58.3 Å². The molecular formula is C22H27N3O4. The topological polar surface area (TPSA) is 71.1 Å². The summed E-state index contributed by atoms with van der Waals surface area (Å²) in [6.07, 6.45) is 0. The Kier molecular flexibility index (Phi) is 7.61. The van der Waals surface area contributed by atoms with E-state index in [9.17, 15) is 9.59 Å². The van der Waals surface area contributed by atoms with Crippen LogP contribution in [0.4, 0.5) is 5.69 Å². The second-order valence-electron chi connectivity index (χ2n) is 6.86. The van der Waals surface area contributed by atoms with Gasteiger partial charge in [-0.3, -0.25) is 14.6 Å². The Balaban J connectivity index is 1.39. The summed E-state index contributed by atoms with van der Waals surface area (Å²) in [5.41, 5.74) is 0.827. The van der Waals surface area contributed by atoms with Crippen molar-refractivity contribution in [1.82, 2.24) is 9.80 Å². The molecule has 1 fully saturated rings. The Morgan fingerprint density at radius 1 is 0.931 bits per heavy atom. The zero-order valence-electron chi connectivity index (χ0n) is 16.7. The molecule has 1 amide bonds. The number of hydrogen-bond donors (Lipinski definition) is 1. The molecule has 29 heavy (non-hydrogen) atoms. The number of piperazine rings is 1. The van der Waals surface area contributed by atoms with E-state index in [-0.39, 0.29) is 5.91 Å². The normalized spacial score (nSPS) is 14.9. The predicted octanol–water partition coefficient (Wildman–Crippen LogP) is 2.11. The van der Waals surface area contributed by atoms with E-state index >= 15 is 0 Å². The number of hydrogen-bond acceptors (Lipinski definition) is 6. The Hall–Kier alpha value is -2.90. The van der Waals surface area contributed by atoms with Gasteiger partial charge in [-0.2, -0.15) is 0 Å². The molecule has 1 aliphatic rings. The standard InChI is InChI=1S/C22H27N3O4/c1-28-22(27)19-9-5-6-10-20(19)23-21(26)17-25-13-11-24(12-14-25)15-16-29-18-7-3-2-4-8-18/h2-10H,11-17H2,1H3,(H,23,26). The zero-order valence-corrected chi connectivity index (χ0v) is 16.7. The van der Waals surface area contributed by atoms with Gasteiger partial charge in [-0.25, -0.2) is 4.79 Å². The molecule has 0 aromatic heterocycles. The summed E-state index contributed by atoms with van der Waals surface area (Å²) in [5, 5.41) is 2.82. The summed E-state index contributed by atoms with van der Waals surface area (Å²) in [7, 11) is 1.32. The minimum absolute atomic E-state index is 0.137. The number of amides is 1. The number of nitrogens with one attached hydrogen (secondary N) is 1. The minimum Gasteiger partial charge on any atom is -0.492 e. The van der Waals surface area contributed by atoms with Gasteiger partial charge in [0.2, 0.25) is 5.91 Å². The lowest BCUT2D eigenvalue weighted by atomic mass is 10.2. The van der Waals surface area contributed by atoms with Crippen LogP contribution in [0.25, 0.3) is 0 Å². The highest BCUT2D eigenvalue weighted by atomic mass is 16.5. The maximum atomic E-state index is 12.4. The van der Waals surface area contributed by atoms with Crippen LogP contribution in [0.15, 0.2) is 54.6 Å². The number of benzene rings is 2. The largest absolute Gasteiger partial charge is 0.492 e. The Labute approximate surface area is 171 Å². The molecule has 2 aromatic rings. The molecule has 0 bridgehead atoms. The Morgan fingerprint density at radius 2 is 1.59 bits per heavy atom. The maximum absolute atomic E-state index is 12.4. The van der Waals surface area contributed by atoms with Crippen molar-refractivity contribution in [2.45, 2.75) is 0 Å². The fraction of sp³-hybridized carbons (Fsp3) is 0.364. The number of carbonyl (C=O) groups is 2. The molecule has 154 valence electrons. The first-order valence-electron chi connectivity index (χ1n) is 9.75. The quantitative estimate of drug-likeness (QED) is 0.688. The summed E-state index contributed by atoms with van der Waals surface area (Å²) in [4.78, 5) is 28.7. The Morgan fingerprint density at radius 3 is 2.31 bits per heavy atom. The highest BCUT2D eigenvalue weighted by Gasteiger charge is 2.20. The van der Waals surface area contributed by atoms with Crippen molar-refractivity contribution in [1.29, 1.82) is 0 Å². The van der Waals surface area contributed by atoms with Crippen molar-refractivity contribution in [3.63, 3.8) is 0 Å². The average molecular weight is 397 g/mol. The monoisotopic (exact) mass is 397 g/mol. The predicted molar refractivity (Wildman–Crippen MR) is 111 cm³/mol. The molecule has 0 aliphatic carbocycles. The van der Waals surface area contributed by atoms with Gasteiger partial charge in [-0.05, 0) is 24.3 Å². The molecule has 1 N–H and O–H groups in total. The highest BCUT2D eigenvalue weighted by molar-refractivity contribution is 6.01. The molecule has 2 aromatic carbocycles. The third-order valence-corrected chi connectivity index (χ3v) is 4.86. The van der Waals surface area contributed by atoms with E-state index in [1.807, 2.05) is 30.3 Å². The van der Waals surface area contributed by atoms with Crippen LogP contribution in [-0.4, -0.2) is 74.7 Å². The van der Waals surface area contributed by atoms with Crippen LogP contribution in [0, 0.1) is 0 Å². The van der Waals surface area contributed by atoms with Crippen molar-refractivity contribution in [2.24, 2.45) is 0 Å². The van der Waals surface area contributed by atoms with Gasteiger partial charge in [0.1, 0.15) is 12.4 Å². The van der Waals surface area contributed by atoms with Gasteiger partial charge in [0, 0.05) is 32.7 Å². The second kappa shape index (κ2) is 10.6. The van der Waals surface area contributed by atoms with Gasteiger partial charge in [-0.15, -0.1) is 0 Å². The third-order valence-electron chi connectivity index (χ3n) is 4.86. The SMILES string of the molecule is COC(=O)c1ccccc1NC(=O)CN1CCN(CCOc2ccccc2)CC1. The molecule has 0 unspecified atom stereocenters. The van der Waals surface area contributed by atoms with E-state index in [0.717, 1.165) is 38.5 Å². The van der Waals surface area contributed by atoms with Gasteiger partial charge in [-0.1, -0.05) is 30.3 Å². The minimum atomic E-state index is -0.466. The lowest BCUT2D eigenvalue weighted by Crippen LogP contribution is -2.49. The van der Waals surface area contributed by atoms with E-state index < -0.39 is 5.97 Å². The molecule has 0 saturated carbocycles. The summed E-state index contributed by atoms with van der Waals surface area (Å²) >= 11 is 0. The number of nitrogens with zero attached hydrogens (tertiary/aromatic N) is 2. The first kappa shape index (κ1) is 20.8. The number of ether oxygens (including phenoxy) is 2. The number of carbonyl (C=O) groups excluding carboxylic acids is 2. The summed E-state index contributed by atoms with van der Waals surface area (Å²) in [6.45, 7) is 5.23. The van der Waals surface area contributed by atoms with E-state index in [1.54, 1.807) is 24.3 Å². The van der Waals surface area contributed by atoms with Crippen LogP contribution in [0.5, 0.6) is 5.75 Å². The van der Waals surface area contributed by atoms with E-state index in [4.69, 9.17) is 9.47 Å². The van der Waals surface area contributed by atoms with Crippen molar-refractivity contribution >= 4 is 17.6 Å². The molecule has 3 rings (SSSR count). The van der Waals surface area contributed by atoms with Gasteiger partial charge < -0.3 is 14.8 Å². The Bertz CT molecular complexity index is 805. The van der Waals surface area contributed by atoms with Crippen LogP contribution < -0.4 is 10.1 Å². The molecule has 1 heterocycles. The molecule has 0 atom stereocenters. The van der Waals surface area contributed by atoms with Crippen LogP contribution >= 0.6 is 0 Å². The van der Waals surface area contributed by atoms with Crippen molar-refractivity contribution in [3.8, 4) is 5.75 Å². The molecule has 1 saturated heterocycles. The van der Waals surface area contributed by atoms with Crippen molar-refractivity contribution < 1.29 is 19.1 Å². The van der Waals surface area contributed by atoms with Crippen LogP contribution in [0.2, 0.25) is 0 Å². The summed E-state index contributed by atoms with van der Waals surface area (Å²) < 4.78 is 10.5. The van der Waals surface area contributed by atoms with Crippen LogP contribution in [-0.2, 0) is 9.53 Å². The molecule has 0 spiro atoms. The lowest BCUT2D eigenvalue weighted by Gasteiger charge is -2.34. The molecule has 0 radical (unpaired) electrons. The van der Waals surface area contributed by atoms with E-state index in [1.165, 1.54) is 7.11 Å². The second-order valence-corrected chi connectivity index (χ2v) is 6.86. The highest BCUT2D eigenvalue weighted by Crippen LogP contribution is 2.16. The van der Waals surface area contributed by atoms with Crippen molar-refractivity contribution in [3.05, 3.63) is 60.2 Å². The average Bonchev–Trinajstić information content (AvgIpc) is 2.75. The first-order chi connectivity index (χ1) is 14.2. The van der Waals surface area contributed by atoms with E-state index in [2.05, 4.69) is 15.1 Å². The molecular weight excluding hydrogens is 370 g/mol. The number of anilines is 1. The van der Waals surface area contributed by atoms with Gasteiger partial charge in [0.15, 0.2) is 0 Å². The maximum Gasteiger partial charge on any atom is 0.339 e. The summed E-state index contributed by atoms with van der Waals surface area (Å²) in [6, 6.07) is 16.7. The smallest absolute Gasteiger partial charge is 0.339 e. The fourth-order valence-corrected chi connectivity index (χ4v) is 3.25. The molecule has 7 heteroatoms. The first-order valence-corrected chi connectivity index (χ1v) is 9.75. The molecule has 1 aliphatic heterocycles. The molecule has 7 nitrogen and oxygen atoms in total. The number of esters is 1. The van der Waals surface area contributed by atoms with Gasteiger partial charge in [0.25, 0.3) is 0 Å². The third kappa shape index (κ3) is 6.30. The zero-order chi connectivity index (χ0) is 20.5.